The van der Waals surface area contributed by atoms with Crippen molar-refractivity contribution in [2.24, 2.45) is 0 Å². The molecule has 1 saturated heterocycles. The van der Waals surface area contributed by atoms with Gasteiger partial charge in [-0.2, -0.15) is 0 Å². The quantitative estimate of drug-likeness (QED) is 0.468. The number of carboxylic acid groups (broad SMARTS) is 1. The summed E-state index contributed by atoms with van der Waals surface area (Å²) in [5.41, 5.74) is 1.07. The van der Waals surface area contributed by atoms with Gasteiger partial charge in [-0.05, 0) is 29.1 Å². The number of hydrogen-bond acceptors (Lipinski definition) is 8. The SMILES string of the molecule is O=C(O)c1ccc(Cc2sccc2OC2OC(CO)C(O)C(O)C2O)cc1. The molecule has 1 aromatic carbocycles. The van der Waals surface area contributed by atoms with Crippen LogP contribution in [-0.4, -0.2) is 68.8 Å². The van der Waals surface area contributed by atoms with Crippen molar-refractivity contribution < 1.29 is 39.8 Å². The van der Waals surface area contributed by atoms with Gasteiger partial charge in [0.2, 0.25) is 6.29 Å². The molecule has 1 fully saturated rings. The number of aliphatic hydroxyl groups excluding tert-OH is 4. The van der Waals surface area contributed by atoms with Crippen LogP contribution in [-0.2, 0) is 11.2 Å². The van der Waals surface area contributed by atoms with E-state index in [4.69, 9.17) is 14.6 Å². The first-order chi connectivity index (χ1) is 12.9. The molecule has 8 nitrogen and oxygen atoms in total. The topological polar surface area (TPSA) is 137 Å². The summed E-state index contributed by atoms with van der Waals surface area (Å²) in [6.07, 6.45) is -6.25. The van der Waals surface area contributed by atoms with Gasteiger partial charge in [-0.25, -0.2) is 4.79 Å². The second-order valence-corrected chi connectivity index (χ2v) is 7.20. The molecule has 1 aromatic heterocycles. The van der Waals surface area contributed by atoms with Gasteiger partial charge in [0, 0.05) is 6.42 Å². The van der Waals surface area contributed by atoms with Crippen molar-refractivity contribution in [1.82, 2.24) is 0 Å². The number of aromatic carboxylic acids is 1. The normalized spacial score (nSPS) is 28.1. The van der Waals surface area contributed by atoms with Gasteiger partial charge in [0.05, 0.1) is 17.0 Å². The summed E-state index contributed by atoms with van der Waals surface area (Å²) in [6, 6.07) is 8.14. The van der Waals surface area contributed by atoms with Crippen molar-refractivity contribution in [3.05, 3.63) is 51.7 Å². The summed E-state index contributed by atoms with van der Waals surface area (Å²) < 4.78 is 11.0. The number of benzene rings is 1. The molecule has 1 aliphatic heterocycles. The first-order valence-electron chi connectivity index (χ1n) is 8.26. The van der Waals surface area contributed by atoms with Gasteiger partial charge >= 0.3 is 5.97 Å². The molecule has 0 radical (unpaired) electrons. The minimum atomic E-state index is -1.51. The predicted molar refractivity (Wildman–Crippen MR) is 94.9 cm³/mol. The van der Waals surface area contributed by atoms with Crippen LogP contribution in [0.5, 0.6) is 5.75 Å². The summed E-state index contributed by atoms with van der Waals surface area (Å²) in [5.74, 6) is -0.559. The minimum absolute atomic E-state index is 0.197. The number of hydrogen-bond donors (Lipinski definition) is 5. The van der Waals surface area contributed by atoms with Crippen LogP contribution in [0.2, 0.25) is 0 Å². The van der Waals surface area contributed by atoms with Crippen molar-refractivity contribution in [3.8, 4) is 5.75 Å². The van der Waals surface area contributed by atoms with E-state index < -0.39 is 43.3 Å². The van der Waals surface area contributed by atoms with Gasteiger partial charge in [0.25, 0.3) is 0 Å². The molecule has 5 atom stereocenters. The van der Waals surface area contributed by atoms with Crippen molar-refractivity contribution in [2.75, 3.05) is 6.61 Å². The van der Waals surface area contributed by atoms with Crippen molar-refractivity contribution in [1.29, 1.82) is 0 Å². The van der Waals surface area contributed by atoms with Crippen LogP contribution in [0.4, 0.5) is 0 Å². The van der Waals surface area contributed by atoms with Gasteiger partial charge in [-0.1, -0.05) is 12.1 Å². The maximum atomic E-state index is 10.9. The molecule has 0 aliphatic carbocycles. The molecule has 27 heavy (non-hydrogen) atoms. The highest BCUT2D eigenvalue weighted by molar-refractivity contribution is 7.10. The highest BCUT2D eigenvalue weighted by Gasteiger charge is 2.44. The van der Waals surface area contributed by atoms with Crippen LogP contribution < -0.4 is 4.74 Å². The molecule has 1 aliphatic rings. The average Bonchev–Trinajstić information content (AvgIpc) is 3.09. The van der Waals surface area contributed by atoms with Crippen LogP contribution in [0.15, 0.2) is 35.7 Å². The number of rotatable bonds is 6. The molecule has 0 spiro atoms. The van der Waals surface area contributed by atoms with Crippen LogP contribution in [0, 0.1) is 0 Å². The summed E-state index contributed by atoms with van der Waals surface area (Å²) in [5, 5.41) is 49.8. The van der Waals surface area contributed by atoms with E-state index >= 15 is 0 Å². The van der Waals surface area contributed by atoms with E-state index in [9.17, 15) is 25.2 Å². The molecule has 5 unspecified atom stereocenters. The zero-order valence-corrected chi connectivity index (χ0v) is 15.0. The van der Waals surface area contributed by atoms with E-state index in [1.807, 2.05) is 0 Å². The summed E-state index contributed by atoms with van der Waals surface area (Å²) >= 11 is 1.41. The van der Waals surface area contributed by atoms with Crippen LogP contribution in [0.3, 0.4) is 0 Å². The van der Waals surface area contributed by atoms with Gasteiger partial charge < -0.3 is 35.0 Å². The molecular weight excluding hydrogens is 376 g/mol. The van der Waals surface area contributed by atoms with E-state index in [0.717, 1.165) is 10.4 Å². The Hall–Kier alpha value is -2.01. The first kappa shape index (κ1) is 19.7. The summed E-state index contributed by atoms with van der Waals surface area (Å²) in [6.45, 7) is -0.531. The standard InChI is InChI=1S/C18H20O8S/c19-8-12-14(20)15(21)16(22)18(26-12)25-11-5-6-27-13(11)7-9-1-3-10(4-2-9)17(23)24/h1-6,12,14-16,18-22H,7-8H2,(H,23,24). The smallest absolute Gasteiger partial charge is 0.335 e. The Balaban J connectivity index is 1.72. The Morgan fingerprint density at radius 1 is 1.07 bits per heavy atom. The fraction of sp³-hybridized carbons (Fsp3) is 0.389. The fourth-order valence-electron chi connectivity index (χ4n) is 2.80. The number of aliphatic hydroxyl groups is 4. The van der Waals surface area contributed by atoms with Gasteiger partial charge in [-0.15, -0.1) is 11.3 Å². The monoisotopic (exact) mass is 396 g/mol. The third-order valence-electron chi connectivity index (χ3n) is 4.36. The lowest BCUT2D eigenvalue weighted by Gasteiger charge is -2.39. The molecule has 2 heterocycles. The van der Waals surface area contributed by atoms with E-state index in [2.05, 4.69) is 0 Å². The van der Waals surface area contributed by atoms with Crippen molar-refractivity contribution >= 4 is 17.3 Å². The highest BCUT2D eigenvalue weighted by Crippen LogP contribution is 2.31. The Kier molecular flexibility index (Phi) is 6.10. The molecule has 0 bridgehead atoms. The van der Waals surface area contributed by atoms with Crippen molar-refractivity contribution in [3.63, 3.8) is 0 Å². The second-order valence-electron chi connectivity index (χ2n) is 6.20. The highest BCUT2D eigenvalue weighted by atomic mass is 32.1. The van der Waals surface area contributed by atoms with Crippen molar-refractivity contribution in [2.45, 2.75) is 37.1 Å². The molecule has 5 N–H and O–H groups in total. The minimum Gasteiger partial charge on any atom is -0.478 e. The lowest BCUT2D eigenvalue weighted by molar-refractivity contribution is -0.277. The third kappa shape index (κ3) is 4.29. The number of carbonyl (C=O) groups is 1. The van der Waals surface area contributed by atoms with Gasteiger partial charge in [0.1, 0.15) is 30.2 Å². The zero-order chi connectivity index (χ0) is 19.6. The Morgan fingerprint density at radius 3 is 2.41 bits per heavy atom. The molecular formula is C18H20O8S. The number of carboxylic acids is 1. The molecule has 9 heteroatoms. The largest absolute Gasteiger partial charge is 0.478 e. The molecule has 146 valence electrons. The Morgan fingerprint density at radius 2 is 1.78 bits per heavy atom. The molecule has 2 aromatic rings. The predicted octanol–water partition coefficient (Wildman–Crippen LogP) is 0.216. The molecule has 0 amide bonds. The van der Waals surface area contributed by atoms with E-state index in [0.29, 0.717) is 12.2 Å². The van der Waals surface area contributed by atoms with Crippen LogP contribution in [0.25, 0.3) is 0 Å². The van der Waals surface area contributed by atoms with Crippen LogP contribution in [0.1, 0.15) is 20.8 Å². The fourth-order valence-corrected chi connectivity index (χ4v) is 3.64. The average molecular weight is 396 g/mol. The third-order valence-corrected chi connectivity index (χ3v) is 5.26. The Bertz CT molecular complexity index is 772. The molecule has 0 saturated carbocycles. The summed E-state index contributed by atoms with van der Waals surface area (Å²) in [4.78, 5) is 11.7. The number of ether oxygens (including phenoxy) is 2. The maximum absolute atomic E-state index is 10.9. The van der Waals surface area contributed by atoms with E-state index in [1.165, 1.54) is 23.5 Å². The van der Waals surface area contributed by atoms with E-state index in [-0.39, 0.29) is 5.56 Å². The lowest BCUT2D eigenvalue weighted by atomic mass is 9.99. The summed E-state index contributed by atoms with van der Waals surface area (Å²) in [7, 11) is 0. The maximum Gasteiger partial charge on any atom is 0.335 e. The molecule has 3 rings (SSSR count). The van der Waals surface area contributed by atoms with Crippen LogP contribution >= 0.6 is 11.3 Å². The second kappa shape index (κ2) is 8.34. The zero-order valence-electron chi connectivity index (χ0n) is 14.1. The van der Waals surface area contributed by atoms with E-state index in [1.54, 1.807) is 23.6 Å². The van der Waals surface area contributed by atoms with Gasteiger partial charge in [-0.3, -0.25) is 0 Å². The number of thiophene rings is 1. The van der Waals surface area contributed by atoms with Gasteiger partial charge in [0.15, 0.2) is 0 Å². The first-order valence-corrected chi connectivity index (χ1v) is 9.14. The lowest BCUT2D eigenvalue weighted by Crippen LogP contribution is -2.60. The Labute approximate surface area is 158 Å².